The molecule has 5 rings (SSSR count). The Morgan fingerprint density at radius 1 is 0.906 bits per heavy atom. The maximum Gasteiger partial charge on any atom is 0.269 e. The van der Waals surface area contributed by atoms with Crippen LogP contribution in [0, 0.1) is 0 Å². The number of halogens is 1. The van der Waals surface area contributed by atoms with E-state index in [0.717, 1.165) is 50.4 Å². The zero-order valence-electron chi connectivity index (χ0n) is 17.4. The Labute approximate surface area is 194 Å². The van der Waals surface area contributed by atoms with Crippen LogP contribution in [0.2, 0.25) is 0 Å². The standard InChI is InChI=1S/C27H22BrN3O/c28-20-12-6-11-19(16-20)25-26-22(21-13-4-5-14-23(21)30-26)17-24(31-25)27(32)29-15-7-10-18-8-2-1-3-9-18/h1-6,8-9,11-14,16-17,30H,7,10,15H2,(H,29,32). The quantitative estimate of drug-likeness (QED) is 0.270. The minimum atomic E-state index is -0.151. The zero-order valence-corrected chi connectivity index (χ0v) is 19.0. The molecule has 0 fully saturated rings. The lowest BCUT2D eigenvalue weighted by atomic mass is 10.1. The average molecular weight is 484 g/mol. The van der Waals surface area contributed by atoms with Crippen LogP contribution in [0.1, 0.15) is 22.5 Å². The van der Waals surface area contributed by atoms with Crippen molar-refractivity contribution in [3.8, 4) is 11.3 Å². The molecule has 4 nitrogen and oxygen atoms in total. The number of H-pyrrole nitrogens is 1. The Balaban J connectivity index is 1.47. The number of hydrogen-bond donors (Lipinski definition) is 2. The number of fused-ring (bicyclic) bond motifs is 3. The molecule has 0 saturated heterocycles. The molecule has 2 N–H and O–H groups in total. The molecule has 0 atom stereocenters. The van der Waals surface area contributed by atoms with E-state index < -0.39 is 0 Å². The van der Waals surface area contributed by atoms with Gasteiger partial charge in [-0.1, -0.05) is 76.6 Å². The van der Waals surface area contributed by atoms with Gasteiger partial charge < -0.3 is 10.3 Å². The molecule has 2 heterocycles. The third kappa shape index (κ3) is 4.16. The Morgan fingerprint density at radius 2 is 1.72 bits per heavy atom. The second-order valence-corrected chi connectivity index (χ2v) is 8.72. The number of nitrogens with one attached hydrogen (secondary N) is 2. The summed E-state index contributed by atoms with van der Waals surface area (Å²) in [4.78, 5) is 21.3. The Bertz CT molecular complexity index is 1410. The highest BCUT2D eigenvalue weighted by Gasteiger charge is 2.17. The van der Waals surface area contributed by atoms with Crippen molar-refractivity contribution in [3.63, 3.8) is 0 Å². The maximum absolute atomic E-state index is 13.0. The molecule has 5 heteroatoms. The molecule has 158 valence electrons. The van der Waals surface area contributed by atoms with E-state index in [-0.39, 0.29) is 5.91 Å². The molecule has 32 heavy (non-hydrogen) atoms. The summed E-state index contributed by atoms with van der Waals surface area (Å²) in [5.41, 5.74) is 5.39. The lowest BCUT2D eigenvalue weighted by Gasteiger charge is -2.09. The van der Waals surface area contributed by atoms with Crippen molar-refractivity contribution in [2.75, 3.05) is 6.54 Å². The zero-order chi connectivity index (χ0) is 21.9. The van der Waals surface area contributed by atoms with Gasteiger partial charge in [0.15, 0.2) is 0 Å². The Morgan fingerprint density at radius 3 is 2.56 bits per heavy atom. The molecular weight excluding hydrogens is 462 g/mol. The highest BCUT2D eigenvalue weighted by atomic mass is 79.9. The smallest absolute Gasteiger partial charge is 0.269 e. The van der Waals surface area contributed by atoms with Gasteiger partial charge in [-0.05, 0) is 42.7 Å². The second kappa shape index (κ2) is 8.97. The predicted molar refractivity (Wildman–Crippen MR) is 134 cm³/mol. The van der Waals surface area contributed by atoms with E-state index in [1.54, 1.807) is 0 Å². The molecule has 1 amide bonds. The number of amides is 1. The first-order valence-electron chi connectivity index (χ1n) is 10.7. The number of aromatic amines is 1. The topological polar surface area (TPSA) is 57.8 Å². The van der Waals surface area contributed by atoms with Gasteiger partial charge in [0.1, 0.15) is 5.69 Å². The van der Waals surface area contributed by atoms with E-state index >= 15 is 0 Å². The van der Waals surface area contributed by atoms with Crippen molar-refractivity contribution in [1.82, 2.24) is 15.3 Å². The fourth-order valence-corrected chi connectivity index (χ4v) is 4.44. The van der Waals surface area contributed by atoms with Gasteiger partial charge in [0.2, 0.25) is 0 Å². The van der Waals surface area contributed by atoms with Crippen LogP contribution in [0.5, 0.6) is 0 Å². The first-order valence-corrected chi connectivity index (χ1v) is 11.5. The minimum absolute atomic E-state index is 0.151. The summed E-state index contributed by atoms with van der Waals surface area (Å²) in [5, 5.41) is 5.13. The average Bonchev–Trinajstić information content (AvgIpc) is 3.20. The molecule has 0 aliphatic carbocycles. The van der Waals surface area contributed by atoms with Gasteiger partial charge in [0.05, 0.1) is 11.2 Å². The molecule has 2 aromatic heterocycles. The fourth-order valence-electron chi connectivity index (χ4n) is 4.04. The monoisotopic (exact) mass is 483 g/mol. The largest absolute Gasteiger partial charge is 0.353 e. The van der Waals surface area contributed by atoms with Crippen LogP contribution in [0.4, 0.5) is 0 Å². The molecule has 0 bridgehead atoms. The van der Waals surface area contributed by atoms with E-state index in [9.17, 15) is 4.79 Å². The summed E-state index contributed by atoms with van der Waals surface area (Å²) in [5.74, 6) is -0.151. The normalized spacial score (nSPS) is 11.2. The molecule has 0 spiro atoms. The fraction of sp³-hybridized carbons (Fsp3) is 0.111. The van der Waals surface area contributed by atoms with Gasteiger partial charge >= 0.3 is 0 Å². The number of hydrogen-bond acceptors (Lipinski definition) is 2. The third-order valence-electron chi connectivity index (χ3n) is 5.60. The highest BCUT2D eigenvalue weighted by molar-refractivity contribution is 9.10. The number of nitrogens with zero attached hydrogens (tertiary/aromatic N) is 1. The van der Waals surface area contributed by atoms with Crippen molar-refractivity contribution in [2.45, 2.75) is 12.8 Å². The van der Waals surface area contributed by atoms with Gasteiger partial charge in [-0.2, -0.15) is 0 Å². The van der Waals surface area contributed by atoms with Gasteiger partial charge in [-0.25, -0.2) is 4.98 Å². The van der Waals surface area contributed by atoms with E-state index in [4.69, 9.17) is 4.98 Å². The summed E-state index contributed by atoms with van der Waals surface area (Å²) in [6, 6.07) is 28.3. The second-order valence-electron chi connectivity index (χ2n) is 7.80. The van der Waals surface area contributed by atoms with Crippen molar-refractivity contribution in [3.05, 3.63) is 101 Å². The van der Waals surface area contributed by atoms with Crippen LogP contribution in [-0.4, -0.2) is 22.4 Å². The molecule has 0 aliphatic heterocycles. The maximum atomic E-state index is 13.0. The van der Waals surface area contributed by atoms with Crippen LogP contribution in [0.25, 0.3) is 33.1 Å². The number of para-hydroxylation sites is 1. The van der Waals surface area contributed by atoms with E-state index in [1.807, 2.05) is 66.7 Å². The van der Waals surface area contributed by atoms with Crippen molar-refractivity contribution in [2.24, 2.45) is 0 Å². The van der Waals surface area contributed by atoms with Gasteiger partial charge in [0.25, 0.3) is 5.91 Å². The summed E-state index contributed by atoms with van der Waals surface area (Å²) >= 11 is 3.55. The number of rotatable bonds is 6. The number of carbonyl (C=O) groups is 1. The number of benzene rings is 3. The lowest BCUT2D eigenvalue weighted by molar-refractivity contribution is 0.0948. The highest BCUT2D eigenvalue weighted by Crippen LogP contribution is 2.33. The Kier molecular flexibility index (Phi) is 5.73. The lowest BCUT2D eigenvalue weighted by Crippen LogP contribution is -2.25. The van der Waals surface area contributed by atoms with E-state index in [2.05, 4.69) is 44.4 Å². The molecule has 0 radical (unpaired) electrons. The van der Waals surface area contributed by atoms with Crippen LogP contribution < -0.4 is 5.32 Å². The van der Waals surface area contributed by atoms with Crippen molar-refractivity contribution < 1.29 is 4.79 Å². The number of aromatic nitrogens is 2. The van der Waals surface area contributed by atoms with Crippen LogP contribution >= 0.6 is 15.9 Å². The van der Waals surface area contributed by atoms with E-state index in [0.29, 0.717) is 12.2 Å². The Hall–Kier alpha value is -3.44. The summed E-state index contributed by atoms with van der Waals surface area (Å²) < 4.78 is 0.969. The van der Waals surface area contributed by atoms with Gasteiger partial charge in [-0.3, -0.25) is 4.79 Å². The molecule has 0 unspecified atom stereocenters. The number of pyridine rings is 1. The first-order chi connectivity index (χ1) is 15.7. The van der Waals surface area contributed by atoms with Crippen LogP contribution in [-0.2, 0) is 6.42 Å². The molecule has 5 aromatic rings. The third-order valence-corrected chi connectivity index (χ3v) is 6.09. The van der Waals surface area contributed by atoms with E-state index in [1.165, 1.54) is 5.56 Å². The molecule has 0 aliphatic rings. The summed E-state index contributed by atoms with van der Waals surface area (Å²) in [7, 11) is 0. The SMILES string of the molecule is O=C(NCCCc1ccccc1)c1cc2c([nH]c3ccccc32)c(-c2cccc(Br)c2)n1. The molecule has 0 saturated carbocycles. The van der Waals surface area contributed by atoms with Crippen LogP contribution in [0.15, 0.2) is 89.4 Å². The van der Waals surface area contributed by atoms with Crippen molar-refractivity contribution >= 4 is 43.6 Å². The minimum Gasteiger partial charge on any atom is -0.353 e. The van der Waals surface area contributed by atoms with Crippen LogP contribution in [0.3, 0.4) is 0 Å². The predicted octanol–water partition coefficient (Wildman–Crippen LogP) is 6.51. The van der Waals surface area contributed by atoms with Gasteiger partial charge in [0, 0.05) is 32.9 Å². The van der Waals surface area contributed by atoms with Crippen molar-refractivity contribution in [1.29, 1.82) is 0 Å². The molecule has 3 aromatic carbocycles. The summed E-state index contributed by atoms with van der Waals surface area (Å²) in [6.45, 7) is 0.605. The molecular formula is C27H22BrN3O. The number of aryl methyl sites for hydroxylation is 1. The first kappa shape index (κ1) is 20.5. The number of carbonyl (C=O) groups excluding carboxylic acids is 1. The van der Waals surface area contributed by atoms with Gasteiger partial charge in [-0.15, -0.1) is 0 Å². The summed E-state index contributed by atoms with van der Waals surface area (Å²) in [6.07, 6.45) is 1.81.